The van der Waals surface area contributed by atoms with Gasteiger partial charge in [-0.2, -0.15) is 0 Å². The fourth-order valence-electron chi connectivity index (χ4n) is 2.40. The van der Waals surface area contributed by atoms with Crippen LogP contribution < -0.4 is 9.47 Å². The minimum Gasteiger partial charge on any atom is -0.497 e. The van der Waals surface area contributed by atoms with E-state index in [1.54, 1.807) is 14.2 Å². The lowest BCUT2D eigenvalue weighted by atomic mass is 10.0. The van der Waals surface area contributed by atoms with Gasteiger partial charge in [0.15, 0.2) is 5.76 Å². The third-order valence-corrected chi connectivity index (χ3v) is 3.66. The van der Waals surface area contributed by atoms with Crippen molar-refractivity contribution in [3.8, 4) is 34.1 Å². The van der Waals surface area contributed by atoms with Crippen LogP contribution in [0.1, 0.15) is 5.56 Å². The molecule has 0 amide bonds. The van der Waals surface area contributed by atoms with Crippen LogP contribution in [0.15, 0.2) is 53.1 Å². The maximum atomic E-state index is 9.76. The number of nitrogens with zero attached hydrogens (tertiary/aromatic N) is 1. The Kier molecular flexibility index (Phi) is 4.30. The number of rotatable bonds is 5. The molecule has 0 fully saturated rings. The SMILES string of the molecule is COc1ccc(-c2noc(-c3ccc(OC)cc3)c2CO)cc1. The summed E-state index contributed by atoms with van der Waals surface area (Å²) < 4.78 is 15.8. The third-order valence-electron chi connectivity index (χ3n) is 3.66. The van der Waals surface area contributed by atoms with Crippen LogP contribution in [-0.2, 0) is 6.61 Å². The van der Waals surface area contributed by atoms with Crippen molar-refractivity contribution in [3.05, 3.63) is 54.1 Å². The highest BCUT2D eigenvalue weighted by Crippen LogP contribution is 2.33. The van der Waals surface area contributed by atoms with Crippen molar-refractivity contribution in [3.63, 3.8) is 0 Å². The summed E-state index contributed by atoms with van der Waals surface area (Å²) in [5.41, 5.74) is 2.97. The molecule has 1 N–H and O–H groups in total. The van der Waals surface area contributed by atoms with Crippen LogP contribution in [0.25, 0.3) is 22.6 Å². The smallest absolute Gasteiger partial charge is 0.173 e. The molecule has 1 aromatic heterocycles. The molecule has 2 aromatic carbocycles. The fraction of sp³-hybridized carbons (Fsp3) is 0.167. The van der Waals surface area contributed by atoms with Crippen LogP contribution in [0.3, 0.4) is 0 Å². The monoisotopic (exact) mass is 311 g/mol. The molecule has 5 nitrogen and oxygen atoms in total. The lowest BCUT2D eigenvalue weighted by Gasteiger charge is -2.04. The van der Waals surface area contributed by atoms with Crippen LogP contribution in [0.4, 0.5) is 0 Å². The Bertz CT molecular complexity index is 711. The quantitative estimate of drug-likeness (QED) is 0.781. The van der Waals surface area contributed by atoms with Gasteiger partial charge >= 0.3 is 0 Å². The average Bonchev–Trinajstić information content (AvgIpc) is 3.05. The van der Waals surface area contributed by atoms with Gasteiger partial charge in [0.2, 0.25) is 0 Å². The lowest BCUT2D eigenvalue weighted by molar-refractivity contribution is 0.281. The van der Waals surface area contributed by atoms with Crippen molar-refractivity contribution in [2.75, 3.05) is 14.2 Å². The van der Waals surface area contributed by atoms with E-state index in [9.17, 15) is 5.11 Å². The number of aliphatic hydroxyl groups is 1. The minimum absolute atomic E-state index is 0.160. The fourth-order valence-corrected chi connectivity index (χ4v) is 2.40. The number of benzene rings is 2. The first-order valence-electron chi connectivity index (χ1n) is 7.15. The van der Waals surface area contributed by atoms with E-state index in [-0.39, 0.29) is 6.61 Å². The van der Waals surface area contributed by atoms with Gasteiger partial charge in [0.05, 0.1) is 26.4 Å². The van der Waals surface area contributed by atoms with Crippen molar-refractivity contribution in [2.24, 2.45) is 0 Å². The number of hydrogen-bond acceptors (Lipinski definition) is 5. The summed E-state index contributed by atoms with van der Waals surface area (Å²) in [5.74, 6) is 2.08. The van der Waals surface area contributed by atoms with Crippen LogP contribution in [0.2, 0.25) is 0 Å². The number of aliphatic hydroxyl groups excluding tert-OH is 1. The second-order valence-electron chi connectivity index (χ2n) is 4.95. The van der Waals surface area contributed by atoms with Gasteiger partial charge in [-0.1, -0.05) is 5.16 Å². The maximum Gasteiger partial charge on any atom is 0.173 e. The molecule has 118 valence electrons. The molecular formula is C18H17NO4. The topological polar surface area (TPSA) is 64.7 Å². The predicted molar refractivity (Wildman–Crippen MR) is 86.4 cm³/mol. The molecular weight excluding hydrogens is 294 g/mol. The molecule has 0 unspecified atom stereocenters. The lowest BCUT2D eigenvalue weighted by Crippen LogP contribution is -1.90. The molecule has 0 aliphatic rings. The summed E-state index contributed by atoms with van der Waals surface area (Å²) in [6.07, 6.45) is 0. The Labute approximate surface area is 134 Å². The normalized spacial score (nSPS) is 10.6. The zero-order valence-corrected chi connectivity index (χ0v) is 12.9. The Hall–Kier alpha value is -2.79. The van der Waals surface area contributed by atoms with Gasteiger partial charge in [0.1, 0.15) is 17.2 Å². The zero-order chi connectivity index (χ0) is 16.2. The number of methoxy groups -OCH3 is 2. The van der Waals surface area contributed by atoms with Gasteiger partial charge in [-0.15, -0.1) is 0 Å². The standard InChI is InChI=1S/C18H17NO4/c1-21-14-7-3-12(4-8-14)17-16(11-20)18(23-19-17)13-5-9-15(22-2)10-6-13/h3-10,20H,11H2,1-2H3. The van der Waals surface area contributed by atoms with Crippen LogP contribution in [-0.4, -0.2) is 24.5 Å². The van der Waals surface area contributed by atoms with Crippen molar-refractivity contribution in [1.29, 1.82) is 0 Å². The van der Waals surface area contributed by atoms with Crippen molar-refractivity contribution in [2.45, 2.75) is 6.61 Å². The summed E-state index contributed by atoms with van der Waals surface area (Å²) in [7, 11) is 3.23. The van der Waals surface area contributed by atoms with Gasteiger partial charge in [-0.3, -0.25) is 0 Å². The van der Waals surface area contributed by atoms with E-state index < -0.39 is 0 Å². The highest BCUT2D eigenvalue weighted by molar-refractivity contribution is 5.73. The van der Waals surface area contributed by atoms with Gasteiger partial charge in [-0.05, 0) is 48.5 Å². The molecule has 3 aromatic rings. The molecule has 3 rings (SSSR count). The third kappa shape index (κ3) is 2.91. The molecule has 1 heterocycles. The second-order valence-corrected chi connectivity index (χ2v) is 4.95. The molecule has 23 heavy (non-hydrogen) atoms. The largest absolute Gasteiger partial charge is 0.497 e. The summed E-state index contributed by atoms with van der Waals surface area (Å²) in [5, 5.41) is 13.9. The first-order valence-corrected chi connectivity index (χ1v) is 7.15. The van der Waals surface area contributed by atoms with E-state index in [1.165, 1.54) is 0 Å². The summed E-state index contributed by atoms with van der Waals surface area (Å²) in [4.78, 5) is 0. The molecule has 0 spiro atoms. The number of hydrogen-bond donors (Lipinski definition) is 1. The molecule has 0 aliphatic heterocycles. The Balaban J connectivity index is 2.01. The first kappa shape index (κ1) is 15.1. The summed E-state index contributed by atoms with van der Waals surface area (Å²) in [6.45, 7) is -0.160. The van der Waals surface area contributed by atoms with Crippen LogP contribution in [0.5, 0.6) is 11.5 Å². The predicted octanol–water partition coefficient (Wildman–Crippen LogP) is 3.52. The molecule has 5 heteroatoms. The van der Waals surface area contributed by atoms with Crippen LogP contribution >= 0.6 is 0 Å². The number of aromatic nitrogens is 1. The Morgan fingerprint density at radius 2 is 1.39 bits per heavy atom. The first-order chi connectivity index (χ1) is 11.3. The summed E-state index contributed by atoms with van der Waals surface area (Å²) >= 11 is 0. The highest BCUT2D eigenvalue weighted by atomic mass is 16.5. The molecule has 0 saturated heterocycles. The van der Waals surface area contributed by atoms with E-state index >= 15 is 0 Å². The van der Waals surface area contributed by atoms with Crippen molar-refractivity contribution < 1.29 is 19.1 Å². The maximum absolute atomic E-state index is 9.76. The van der Waals surface area contributed by atoms with E-state index in [0.717, 1.165) is 22.6 Å². The molecule has 0 saturated carbocycles. The highest BCUT2D eigenvalue weighted by Gasteiger charge is 2.18. The second kappa shape index (κ2) is 6.54. The van der Waals surface area contributed by atoms with E-state index in [4.69, 9.17) is 14.0 Å². The molecule has 0 bridgehead atoms. The Morgan fingerprint density at radius 1 is 0.870 bits per heavy atom. The van der Waals surface area contributed by atoms with E-state index in [0.29, 0.717) is 17.0 Å². The average molecular weight is 311 g/mol. The Morgan fingerprint density at radius 3 is 1.87 bits per heavy atom. The number of ether oxygens (including phenoxy) is 2. The molecule has 0 aliphatic carbocycles. The van der Waals surface area contributed by atoms with E-state index in [2.05, 4.69) is 5.16 Å². The molecule has 0 radical (unpaired) electrons. The van der Waals surface area contributed by atoms with Gasteiger partial charge < -0.3 is 19.1 Å². The van der Waals surface area contributed by atoms with Crippen molar-refractivity contribution >= 4 is 0 Å². The van der Waals surface area contributed by atoms with E-state index in [1.807, 2.05) is 48.5 Å². The summed E-state index contributed by atoms with van der Waals surface area (Å²) in [6, 6.07) is 14.9. The van der Waals surface area contributed by atoms with Crippen molar-refractivity contribution in [1.82, 2.24) is 5.16 Å². The molecule has 0 atom stereocenters. The zero-order valence-electron chi connectivity index (χ0n) is 12.9. The van der Waals surface area contributed by atoms with Gasteiger partial charge in [0.25, 0.3) is 0 Å². The van der Waals surface area contributed by atoms with Crippen LogP contribution in [0, 0.1) is 0 Å². The van der Waals surface area contributed by atoms with Gasteiger partial charge in [0, 0.05) is 11.1 Å². The van der Waals surface area contributed by atoms with Gasteiger partial charge in [-0.25, -0.2) is 0 Å². The minimum atomic E-state index is -0.160.